The van der Waals surface area contributed by atoms with E-state index in [1.54, 1.807) is 11.3 Å². The quantitative estimate of drug-likeness (QED) is 0.224. The molecule has 272 valence electrons. The minimum Gasteiger partial charge on any atom is -0.493 e. The van der Waals surface area contributed by atoms with Crippen molar-refractivity contribution < 1.29 is 19.4 Å². The maximum absolute atomic E-state index is 13.0. The Labute approximate surface area is 307 Å². The van der Waals surface area contributed by atoms with E-state index in [0.717, 1.165) is 94.7 Å². The third-order valence-corrected chi connectivity index (χ3v) is 12.1. The van der Waals surface area contributed by atoms with Crippen molar-refractivity contribution in [3.63, 3.8) is 0 Å². The molecule has 0 saturated carbocycles. The van der Waals surface area contributed by atoms with Gasteiger partial charge in [-0.2, -0.15) is 0 Å². The Balaban J connectivity index is 1.42. The number of carboxylic acid groups (broad SMARTS) is 1. The van der Waals surface area contributed by atoms with Gasteiger partial charge in [0.1, 0.15) is 22.3 Å². The number of pyridine rings is 1. The van der Waals surface area contributed by atoms with Crippen LogP contribution in [-0.2, 0) is 9.53 Å². The molecular formula is C42H54N4O4S. The standard InChI is InChI=1S/C42H54N4O4S/c1-25(2)45-18-19-46-30(24-45)21-26(3)11-8-9-12-28-17-20-49-34-16-15-29(23-31(28)34)37-36(38(41(47)48)50-42(5,6)7)27(4)22-33-39(37)51-40(44-33)32-13-10-14-35(46)43-32/h10,13-16,22-23,25-26,28,30,38H,8-9,11-12,17-21,24H2,1-7H3,(H,47,48)/t26?,28?,30?,38-/m0/s1. The Kier molecular flexibility index (Phi) is 10.2. The van der Waals surface area contributed by atoms with E-state index in [1.165, 1.54) is 24.8 Å². The van der Waals surface area contributed by atoms with E-state index in [1.807, 2.05) is 33.8 Å². The molecule has 3 aliphatic rings. The zero-order chi connectivity index (χ0) is 36.0. The molecule has 5 heterocycles. The number of anilines is 1. The number of benzene rings is 2. The van der Waals surface area contributed by atoms with Crippen molar-refractivity contribution in [1.29, 1.82) is 0 Å². The number of hydrogen-bond donors (Lipinski definition) is 1. The molecule has 2 aromatic carbocycles. The van der Waals surface area contributed by atoms with Crippen molar-refractivity contribution >= 4 is 33.3 Å². The molecule has 3 unspecified atom stereocenters. The third-order valence-electron chi connectivity index (χ3n) is 11.0. The number of hydrogen-bond acceptors (Lipinski definition) is 8. The highest BCUT2D eigenvalue weighted by atomic mass is 32.1. The molecule has 51 heavy (non-hydrogen) atoms. The summed E-state index contributed by atoms with van der Waals surface area (Å²) in [5.74, 6) is 1.96. The maximum Gasteiger partial charge on any atom is 0.337 e. The van der Waals surface area contributed by atoms with Crippen LogP contribution in [-0.4, -0.2) is 69.9 Å². The minimum atomic E-state index is -1.15. The molecule has 9 heteroatoms. The number of aliphatic carboxylic acids is 1. The lowest BCUT2D eigenvalue weighted by atomic mass is 9.84. The topological polar surface area (TPSA) is 88.0 Å². The first-order valence-electron chi connectivity index (χ1n) is 19.0. The average Bonchev–Trinajstić information content (AvgIpc) is 3.51. The maximum atomic E-state index is 13.0. The van der Waals surface area contributed by atoms with Gasteiger partial charge in [0.15, 0.2) is 6.10 Å². The van der Waals surface area contributed by atoms with E-state index >= 15 is 0 Å². The molecule has 1 saturated heterocycles. The summed E-state index contributed by atoms with van der Waals surface area (Å²) in [6, 6.07) is 15.7. The molecule has 0 radical (unpaired) electrons. The fraction of sp³-hybridized carbons (Fsp3) is 0.548. The first-order valence-corrected chi connectivity index (χ1v) is 19.8. The van der Waals surface area contributed by atoms with Gasteiger partial charge in [0.25, 0.3) is 0 Å². The molecule has 8 nitrogen and oxygen atoms in total. The van der Waals surface area contributed by atoms with Gasteiger partial charge in [-0.05, 0) is 120 Å². The number of aromatic nitrogens is 2. The van der Waals surface area contributed by atoms with Gasteiger partial charge >= 0.3 is 5.97 Å². The minimum absolute atomic E-state index is 0.392. The lowest BCUT2D eigenvalue weighted by Crippen LogP contribution is -2.55. The molecule has 4 aromatic rings. The molecule has 2 aromatic heterocycles. The van der Waals surface area contributed by atoms with Crippen LogP contribution in [0.1, 0.15) is 109 Å². The number of fused-ring (bicyclic) bond motifs is 8. The van der Waals surface area contributed by atoms with Crippen molar-refractivity contribution in [2.24, 2.45) is 5.92 Å². The summed E-state index contributed by atoms with van der Waals surface area (Å²) in [7, 11) is 0. The highest BCUT2D eigenvalue weighted by molar-refractivity contribution is 7.22. The van der Waals surface area contributed by atoms with E-state index in [9.17, 15) is 9.90 Å². The van der Waals surface area contributed by atoms with Crippen molar-refractivity contribution in [3.8, 4) is 27.6 Å². The molecule has 1 fully saturated rings. The SMILES string of the molecule is Cc1cc2nc3sc2c(c1[C@H](OC(C)(C)C)C(=O)O)-c1ccc2c(c1)C(CCCCC(C)CC1CN(C(C)C)CCN1c1cccc-3n1)CCO2. The summed E-state index contributed by atoms with van der Waals surface area (Å²) in [6.45, 7) is 18.5. The van der Waals surface area contributed by atoms with Gasteiger partial charge in [0, 0.05) is 42.8 Å². The largest absolute Gasteiger partial charge is 0.493 e. The predicted octanol–water partition coefficient (Wildman–Crippen LogP) is 9.64. The first-order chi connectivity index (χ1) is 24.4. The van der Waals surface area contributed by atoms with Crippen LogP contribution < -0.4 is 9.64 Å². The molecule has 1 N–H and O–H groups in total. The Morgan fingerprint density at radius 1 is 1.06 bits per heavy atom. The van der Waals surface area contributed by atoms with Crippen LogP contribution in [0.2, 0.25) is 0 Å². The van der Waals surface area contributed by atoms with Crippen molar-refractivity contribution in [3.05, 3.63) is 59.2 Å². The van der Waals surface area contributed by atoms with E-state index in [0.29, 0.717) is 29.5 Å². The highest BCUT2D eigenvalue weighted by Crippen LogP contribution is 2.47. The number of ether oxygens (including phenoxy) is 2. The second kappa shape index (κ2) is 14.5. The van der Waals surface area contributed by atoms with Gasteiger partial charge in [-0.1, -0.05) is 38.3 Å². The van der Waals surface area contributed by atoms with Crippen LogP contribution in [0.15, 0.2) is 42.5 Å². The van der Waals surface area contributed by atoms with Crippen molar-refractivity contribution in [2.45, 2.75) is 117 Å². The number of carboxylic acids is 1. The van der Waals surface area contributed by atoms with Gasteiger partial charge < -0.3 is 19.5 Å². The Bertz CT molecular complexity index is 1900. The first kappa shape index (κ1) is 35.9. The van der Waals surface area contributed by atoms with E-state index < -0.39 is 17.7 Å². The molecule has 6 bridgehead atoms. The van der Waals surface area contributed by atoms with Crippen LogP contribution in [0.3, 0.4) is 0 Å². The summed E-state index contributed by atoms with van der Waals surface area (Å²) in [6.07, 6.45) is 5.69. The van der Waals surface area contributed by atoms with Gasteiger partial charge in [-0.3, -0.25) is 4.90 Å². The number of thiazole rings is 1. The number of carbonyl (C=O) groups is 1. The number of piperazine rings is 1. The Hall–Kier alpha value is -3.53. The Morgan fingerprint density at radius 3 is 2.63 bits per heavy atom. The number of aryl methyl sites for hydroxylation is 1. The van der Waals surface area contributed by atoms with Crippen LogP contribution >= 0.6 is 11.3 Å². The zero-order valence-electron chi connectivity index (χ0n) is 31.4. The Morgan fingerprint density at radius 2 is 1.86 bits per heavy atom. The third kappa shape index (κ3) is 7.53. The van der Waals surface area contributed by atoms with E-state index in [-0.39, 0.29) is 0 Å². The van der Waals surface area contributed by atoms with Crippen LogP contribution in [0, 0.1) is 12.8 Å². The second-order valence-corrected chi connectivity index (χ2v) is 17.3. The fourth-order valence-electron chi connectivity index (χ4n) is 8.47. The van der Waals surface area contributed by atoms with Crippen LogP contribution in [0.25, 0.3) is 32.0 Å². The molecule has 0 spiro atoms. The van der Waals surface area contributed by atoms with Crippen LogP contribution in [0.4, 0.5) is 5.82 Å². The smallest absolute Gasteiger partial charge is 0.337 e. The second-order valence-electron chi connectivity index (χ2n) is 16.3. The molecule has 3 aliphatic heterocycles. The van der Waals surface area contributed by atoms with Gasteiger partial charge in [0.2, 0.25) is 0 Å². The molecule has 0 aliphatic carbocycles. The monoisotopic (exact) mass is 710 g/mol. The average molecular weight is 711 g/mol. The van der Waals surface area contributed by atoms with Crippen LogP contribution in [0.5, 0.6) is 5.75 Å². The summed E-state index contributed by atoms with van der Waals surface area (Å²) in [5, 5.41) is 11.5. The molecule has 4 atom stereocenters. The molecular weight excluding hydrogens is 657 g/mol. The molecule has 7 rings (SSSR count). The van der Waals surface area contributed by atoms with E-state index in [2.05, 4.69) is 67.0 Å². The predicted molar refractivity (Wildman–Crippen MR) is 207 cm³/mol. The summed E-state index contributed by atoms with van der Waals surface area (Å²) in [5.41, 5.74) is 5.63. The summed E-state index contributed by atoms with van der Waals surface area (Å²) < 4.78 is 13.5. The van der Waals surface area contributed by atoms with Crippen molar-refractivity contribution in [1.82, 2.24) is 14.9 Å². The van der Waals surface area contributed by atoms with Gasteiger partial charge in [-0.25, -0.2) is 14.8 Å². The lowest BCUT2D eigenvalue weighted by molar-refractivity contribution is -0.160. The van der Waals surface area contributed by atoms with Crippen molar-refractivity contribution in [2.75, 3.05) is 31.1 Å². The normalized spacial score (nSPS) is 22.2. The number of rotatable bonds is 4. The van der Waals surface area contributed by atoms with E-state index in [4.69, 9.17) is 19.4 Å². The lowest BCUT2D eigenvalue weighted by Gasteiger charge is -2.44. The fourth-order valence-corrected chi connectivity index (χ4v) is 9.57. The van der Waals surface area contributed by atoms with Gasteiger partial charge in [-0.15, -0.1) is 11.3 Å². The number of nitrogens with zero attached hydrogens (tertiary/aromatic N) is 4. The summed E-state index contributed by atoms with van der Waals surface area (Å²) in [4.78, 5) is 28.7. The highest BCUT2D eigenvalue weighted by Gasteiger charge is 2.34. The molecule has 0 amide bonds. The zero-order valence-corrected chi connectivity index (χ0v) is 32.2. The summed E-state index contributed by atoms with van der Waals surface area (Å²) >= 11 is 1.59. The van der Waals surface area contributed by atoms with Gasteiger partial charge in [0.05, 0.1) is 22.4 Å².